The number of para-hydroxylation sites is 1. The number of hydrogen-bond donors (Lipinski definition) is 2. The Morgan fingerprint density at radius 2 is 1.56 bits per heavy atom. The summed E-state index contributed by atoms with van der Waals surface area (Å²) in [4.78, 5) is 27.9. The predicted molar refractivity (Wildman–Crippen MR) is 102 cm³/mol. The summed E-state index contributed by atoms with van der Waals surface area (Å²) in [7, 11) is 0. The molecule has 0 atom stereocenters. The van der Waals surface area contributed by atoms with E-state index < -0.39 is 10.9 Å². The van der Waals surface area contributed by atoms with Gasteiger partial charge in [-0.3, -0.25) is 14.6 Å². The molecule has 25 heavy (non-hydrogen) atoms. The summed E-state index contributed by atoms with van der Waals surface area (Å²) in [5, 5.41) is 10.2. The van der Waals surface area contributed by atoms with Crippen LogP contribution in [0.4, 0.5) is 22.7 Å². The third-order valence-electron chi connectivity index (χ3n) is 3.88. The fraction of sp³-hybridized carbons (Fsp3) is 0. The van der Waals surface area contributed by atoms with Gasteiger partial charge in [-0.25, -0.2) is 0 Å². The first-order valence-electron chi connectivity index (χ1n) is 7.63. The van der Waals surface area contributed by atoms with E-state index >= 15 is 0 Å². The van der Waals surface area contributed by atoms with Gasteiger partial charge in [0.05, 0.1) is 0 Å². The number of nitrogens with one attached hydrogen (secondary N) is 2. The summed E-state index contributed by atoms with van der Waals surface area (Å²) >= 11 is 1.61. The van der Waals surface area contributed by atoms with Gasteiger partial charge in [0.25, 0.3) is 10.9 Å². The fourth-order valence-corrected chi connectivity index (χ4v) is 3.26. The smallest absolute Gasteiger partial charge is 0.253 e. The normalized spacial score (nSPS) is 10.7. The lowest BCUT2D eigenvalue weighted by molar-refractivity contribution is 1.31. The van der Waals surface area contributed by atoms with E-state index in [0.29, 0.717) is 5.69 Å². The van der Waals surface area contributed by atoms with Crippen molar-refractivity contribution in [2.45, 2.75) is 0 Å². The Morgan fingerprint density at radius 3 is 2.28 bits per heavy atom. The van der Waals surface area contributed by atoms with Crippen molar-refractivity contribution in [3.05, 3.63) is 86.1 Å². The number of rotatable bonds is 5. The van der Waals surface area contributed by atoms with Crippen LogP contribution in [0, 0.1) is 0 Å². The van der Waals surface area contributed by atoms with Crippen LogP contribution in [-0.4, -0.2) is 4.98 Å². The Morgan fingerprint density at radius 1 is 0.840 bits per heavy atom. The number of nitrogens with zero attached hydrogens (tertiary/aromatic N) is 1. The molecule has 0 amide bonds. The second kappa shape index (κ2) is 6.33. The monoisotopic (exact) mass is 347 g/mol. The van der Waals surface area contributed by atoms with Crippen LogP contribution in [0.2, 0.25) is 0 Å². The minimum atomic E-state index is -0.521. The lowest BCUT2D eigenvalue weighted by Gasteiger charge is -2.16. The number of pyridine rings is 1. The fourth-order valence-electron chi connectivity index (χ4n) is 2.61. The topological polar surface area (TPSA) is 71.1 Å². The van der Waals surface area contributed by atoms with Crippen LogP contribution >= 0.6 is 11.3 Å². The maximum Gasteiger partial charge on any atom is 0.253 e. The highest BCUT2D eigenvalue weighted by Crippen LogP contribution is 2.32. The molecule has 0 aliphatic carbocycles. The second-order valence-electron chi connectivity index (χ2n) is 5.45. The Balaban J connectivity index is 1.68. The van der Waals surface area contributed by atoms with E-state index in [1.807, 2.05) is 41.1 Å². The quantitative estimate of drug-likeness (QED) is 0.536. The number of thiophene rings is 1. The van der Waals surface area contributed by atoms with Crippen LogP contribution in [0.1, 0.15) is 0 Å². The van der Waals surface area contributed by atoms with Gasteiger partial charge in [0.1, 0.15) is 11.4 Å². The summed E-state index contributed by atoms with van der Waals surface area (Å²) in [6, 6.07) is 13.2. The van der Waals surface area contributed by atoms with Crippen molar-refractivity contribution >= 4 is 34.1 Å². The van der Waals surface area contributed by atoms with Gasteiger partial charge >= 0.3 is 0 Å². The Kier molecular flexibility index (Phi) is 3.87. The highest BCUT2D eigenvalue weighted by atomic mass is 32.1. The van der Waals surface area contributed by atoms with Crippen molar-refractivity contribution < 1.29 is 0 Å². The molecule has 0 aliphatic rings. The van der Waals surface area contributed by atoms with Crippen LogP contribution in [0.3, 0.4) is 0 Å². The van der Waals surface area contributed by atoms with Crippen LogP contribution in [0.25, 0.3) is 11.1 Å². The molecule has 2 heterocycles. The molecule has 0 saturated heterocycles. The predicted octanol–water partition coefficient (Wildman–Crippen LogP) is 3.89. The second-order valence-corrected chi connectivity index (χ2v) is 6.23. The van der Waals surface area contributed by atoms with Gasteiger partial charge in [0.2, 0.25) is 0 Å². The van der Waals surface area contributed by atoms with Crippen LogP contribution in [-0.2, 0) is 0 Å². The van der Waals surface area contributed by atoms with Gasteiger partial charge in [-0.1, -0.05) is 18.2 Å². The average Bonchev–Trinajstić information content (AvgIpc) is 3.20. The van der Waals surface area contributed by atoms with Crippen LogP contribution < -0.4 is 21.5 Å². The van der Waals surface area contributed by atoms with E-state index in [1.54, 1.807) is 35.9 Å². The van der Waals surface area contributed by atoms with Gasteiger partial charge in [-0.15, -0.1) is 0 Å². The highest BCUT2D eigenvalue weighted by molar-refractivity contribution is 7.08. The van der Waals surface area contributed by atoms with Crippen molar-refractivity contribution in [2.24, 2.45) is 0 Å². The molecule has 6 heteroatoms. The van der Waals surface area contributed by atoms with E-state index in [1.165, 1.54) is 0 Å². The third kappa shape index (κ3) is 2.83. The largest absolute Gasteiger partial charge is 0.350 e. The van der Waals surface area contributed by atoms with Crippen LogP contribution in [0.5, 0.6) is 0 Å². The van der Waals surface area contributed by atoms with Crippen molar-refractivity contribution in [3.8, 4) is 11.1 Å². The van der Waals surface area contributed by atoms with Crippen molar-refractivity contribution in [1.29, 1.82) is 0 Å². The van der Waals surface area contributed by atoms with E-state index in [2.05, 4.69) is 15.6 Å². The summed E-state index contributed by atoms with van der Waals surface area (Å²) in [5.41, 5.74) is 3.05. The van der Waals surface area contributed by atoms with Gasteiger partial charge in [-0.05, 0) is 40.6 Å². The molecule has 0 aliphatic heterocycles. The molecule has 2 aromatic heterocycles. The number of aromatic nitrogens is 1. The van der Waals surface area contributed by atoms with Gasteiger partial charge < -0.3 is 10.6 Å². The molecular formula is C19H13N3O2S. The maximum absolute atomic E-state index is 12.0. The molecule has 0 spiro atoms. The SMILES string of the molecule is O=c1c(Nc2ccncc2)c(Nc2ccccc2-c2ccsc2)c1=O. The van der Waals surface area contributed by atoms with E-state index in [0.717, 1.165) is 16.8 Å². The van der Waals surface area contributed by atoms with Gasteiger partial charge in [-0.2, -0.15) is 11.3 Å². The average molecular weight is 347 g/mol. The zero-order chi connectivity index (χ0) is 17.2. The standard InChI is InChI=1S/C19H13N3O2S/c23-18-16(21-13-5-8-20-9-6-13)17(19(18)24)22-15-4-2-1-3-14(15)12-7-10-25-11-12/h1-11,22H,(H,20,21). The Labute approximate surface area is 147 Å². The maximum atomic E-state index is 12.0. The number of benzene rings is 1. The van der Waals surface area contributed by atoms with Crippen LogP contribution in [0.15, 0.2) is 75.2 Å². The number of hydrogen-bond acceptors (Lipinski definition) is 6. The summed E-state index contributed by atoms with van der Waals surface area (Å²) in [5.74, 6) is 0. The summed E-state index contributed by atoms with van der Waals surface area (Å²) < 4.78 is 0. The molecule has 4 aromatic rings. The van der Waals surface area contributed by atoms with Crippen molar-refractivity contribution in [3.63, 3.8) is 0 Å². The Bertz CT molecular complexity index is 1080. The van der Waals surface area contributed by atoms with E-state index in [9.17, 15) is 9.59 Å². The minimum Gasteiger partial charge on any atom is -0.350 e. The summed E-state index contributed by atoms with van der Waals surface area (Å²) in [6.07, 6.45) is 3.24. The van der Waals surface area contributed by atoms with Gasteiger partial charge in [0.15, 0.2) is 0 Å². The molecule has 0 unspecified atom stereocenters. The minimum absolute atomic E-state index is 0.274. The molecule has 0 fully saturated rings. The first-order chi connectivity index (χ1) is 12.2. The first kappa shape index (κ1) is 15.3. The molecule has 0 bridgehead atoms. The summed E-state index contributed by atoms with van der Waals surface area (Å²) in [6.45, 7) is 0. The molecule has 2 aromatic carbocycles. The van der Waals surface area contributed by atoms with Gasteiger partial charge in [0, 0.05) is 29.3 Å². The van der Waals surface area contributed by atoms with Crippen molar-refractivity contribution in [2.75, 3.05) is 10.6 Å². The molecule has 5 nitrogen and oxygen atoms in total. The van der Waals surface area contributed by atoms with E-state index in [-0.39, 0.29) is 11.4 Å². The molecule has 122 valence electrons. The molecule has 0 radical (unpaired) electrons. The molecular weight excluding hydrogens is 334 g/mol. The molecule has 0 saturated carbocycles. The highest BCUT2D eigenvalue weighted by Gasteiger charge is 2.22. The molecule has 4 rings (SSSR count). The Hall–Kier alpha value is -3.25. The zero-order valence-corrected chi connectivity index (χ0v) is 13.8. The lowest BCUT2D eigenvalue weighted by Crippen LogP contribution is -2.35. The first-order valence-corrected chi connectivity index (χ1v) is 8.57. The third-order valence-corrected chi connectivity index (χ3v) is 4.56. The zero-order valence-electron chi connectivity index (χ0n) is 13.0. The number of anilines is 4. The molecule has 2 N–H and O–H groups in total. The lowest BCUT2D eigenvalue weighted by atomic mass is 10.1. The van der Waals surface area contributed by atoms with Crippen molar-refractivity contribution in [1.82, 2.24) is 4.98 Å². The van der Waals surface area contributed by atoms with E-state index in [4.69, 9.17) is 0 Å².